The van der Waals surface area contributed by atoms with Crippen LogP contribution < -0.4 is 10.6 Å². The standard InChI is InChI=1S/C22H23N7O3S/c1-28-8-7-16(11-28)20(30)24-18(12-32-3)21(31)26-22-25-19(13-33-22)15-6-4-5-14(9-15)17-10-23-29(2)27-17/h4-11,13,18H,12H2,1-3H3,(H,24,30)(H,25,26,31)/t18-/m0/s1. The lowest BCUT2D eigenvalue weighted by Gasteiger charge is -2.16. The van der Waals surface area contributed by atoms with E-state index in [2.05, 4.69) is 25.8 Å². The van der Waals surface area contributed by atoms with Crippen LogP contribution in [-0.4, -0.2) is 56.1 Å². The minimum atomic E-state index is -0.866. The molecule has 170 valence electrons. The summed E-state index contributed by atoms with van der Waals surface area (Å²) >= 11 is 1.30. The number of aryl methyl sites for hydroxylation is 2. The maximum Gasteiger partial charge on any atom is 0.253 e. The number of thiazole rings is 1. The van der Waals surface area contributed by atoms with Crippen LogP contribution >= 0.6 is 11.3 Å². The lowest BCUT2D eigenvalue weighted by atomic mass is 10.1. The van der Waals surface area contributed by atoms with Gasteiger partial charge in [-0.15, -0.1) is 11.3 Å². The first kappa shape index (κ1) is 22.4. The topological polar surface area (TPSA) is 116 Å². The predicted molar refractivity (Wildman–Crippen MR) is 125 cm³/mol. The Kier molecular flexibility index (Phi) is 6.61. The minimum Gasteiger partial charge on any atom is -0.382 e. The Labute approximate surface area is 194 Å². The molecule has 1 atom stereocenters. The number of benzene rings is 1. The Balaban J connectivity index is 1.45. The molecule has 0 unspecified atom stereocenters. The summed E-state index contributed by atoms with van der Waals surface area (Å²) in [5.41, 5.74) is 3.76. The number of nitrogens with zero attached hydrogens (tertiary/aromatic N) is 5. The highest BCUT2D eigenvalue weighted by Gasteiger charge is 2.23. The molecule has 11 heteroatoms. The minimum absolute atomic E-state index is 0.0306. The molecule has 0 aliphatic rings. The molecule has 0 spiro atoms. The van der Waals surface area contributed by atoms with E-state index in [9.17, 15) is 9.59 Å². The lowest BCUT2D eigenvalue weighted by molar-refractivity contribution is -0.119. The zero-order valence-corrected chi connectivity index (χ0v) is 19.2. The van der Waals surface area contributed by atoms with Crippen molar-refractivity contribution in [2.45, 2.75) is 6.04 Å². The van der Waals surface area contributed by atoms with E-state index in [1.165, 1.54) is 23.2 Å². The summed E-state index contributed by atoms with van der Waals surface area (Å²) in [6.45, 7) is 0.0306. The fraction of sp³-hybridized carbons (Fsp3) is 0.227. The quantitative estimate of drug-likeness (QED) is 0.413. The van der Waals surface area contributed by atoms with Gasteiger partial charge < -0.3 is 19.9 Å². The number of nitrogens with one attached hydrogen (secondary N) is 2. The third-order valence-corrected chi connectivity index (χ3v) is 5.60. The maximum absolute atomic E-state index is 12.8. The molecule has 4 rings (SSSR count). The average molecular weight is 466 g/mol. The van der Waals surface area contributed by atoms with Crippen molar-refractivity contribution < 1.29 is 14.3 Å². The van der Waals surface area contributed by atoms with Gasteiger partial charge in [-0.3, -0.25) is 9.59 Å². The van der Waals surface area contributed by atoms with Gasteiger partial charge in [0.2, 0.25) is 0 Å². The van der Waals surface area contributed by atoms with Crippen LogP contribution in [0.4, 0.5) is 5.13 Å². The van der Waals surface area contributed by atoms with Crippen molar-refractivity contribution in [1.29, 1.82) is 0 Å². The highest BCUT2D eigenvalue weighted by Crippen LogP contribution is 2.28. The third-order valence-electron chi connectivity index (χ3n) is 4.84. The number of hydrogen-bond acceptors (Lipinski definition) is 7. The second kappa shape index (κ2) is 9.76. The Hall–Kier alpha value is -3.83. The van der Waals surface area contributed by atoms with Crippen molar-refractivity contribution in [1.82, 2.24) is 29.9 Å². The molecular weight excluding hydrogens is 442 g/mol. The number of amides is 2. The molecule has 3 heterocycles. The molecule has 0 saturated carbocycles. The van der Waals surface area contributed by atoms with Crippen molar-refractivity contribution in [3.63, 3.8) is 0 Å². The van der Waals surface area contributed by atoms with Gasteiger partial charge in [-0.25, -0.2) is 4.98 Å². The molecule has 2 amide bonds. The molecule has 3 aromatic heterocycles. The van der Waals surface area contributed by atoms with Crippen LogP contribution in [0.1, 0.15) is 10.4 Å². The van der Waals surface area contributed by atoms with Crippen molar-refractivity contribution in [3.8, 4) is 22.5 Å². The zero-order valence-electron chi connectivity index (χ0n) is 18.3. The van der Waals surface area contributed by atoms with Crippen LogP contribution in [0, 0.1) is 0 Å². The van der Waals surface area contributed by atoms with Gasteiger partial charge in [-0.1, -0.05) is 18.2 Å². The first-order valence-electron chi connectivity index (χ1n) is 10.1. The molecule has 1 aromatic carbocycles. The van der Waals surface area contributed by atoms with Crippen LogP contribution in [-0.2, 0) is 23.6 Å². The number of carbonyl (C=O) groups excluding carboxylic acids is 2. The van der Waals surface area contributed by atoms with Gasteiger partial charge in [0, 0.05) is 50.1 Å². The fourth-order valence-electron chi connectivity index (χ4n) is 3.20. The lowest BCUT2D eigenvalue weighted by Crippen LogP contribution is -2.46. The first-order chi connectivity index (χ1) is 15.9. The number of aromatic nitrogens is 5. The number of methoxy groups -OCH3 is 1. The third kappa shape index (κ3) is 5.33. The van der Waals surface area contributed by atoms with E-state index in [1.807, 2.05) is 36.7 Å². The van der Waals surface area contributed by atoms with E-state index in [0.717, 1.165) is 22.5 Å². The van der Waals surface area contributed by atoms with Gasteiger partial charge in [0.05, 0.1) is 24.1 Å². The Morgan fingerprint density at radius 3 is 2.64 bits per heavy atom. The summed E-state index contributed by atoms with van der Waals surface area (Å²) in [6, 6.07) is 8.60. The second-order valence-electron chi connectivity index (χ2n) is 7.37. The van der Waals surface area contributed by atoms with Gasteiger partial charge >= 0.3 is 0 Å². The molecule has 33 heavy (non-hydrogen) atoms. The molecule has 10 nitrogen and oxygen atoms in total. The SMILES string of the molecule is COC[C@H](NC(=O)c1ccn(C)c1)C(=O)Nc1nc(-c2cccc(-c3cnn(C)n3)c2)cs1. The van der Waals surface area contributed by atoms with Crippen molar-refractivity contribution in [2.75, 3.05) is 19.0 Å². The van der Waals surface area contributed by atoms with E-state index < -0.39 is 11.9 Å². The molecule has 2 N–H and O–H groups in total. The largest absolute Gasteiger partial charge is 0.382 e. The average Bonchev–Trinajstić information content (AvgIpc) is 3.55. The van der Waals surface area contributed by atoms with Gasteiger partial charge in [0.25, 0.3) is 11.8 Å². The summed E-state index contributed by atoms with van der Waals surface area (Å²) in [6.07, 6.45) is 5.14. The van der Waals surface area contributed by atoms with E-state index in [4.69, 9.17) is 4.74 Å². The van der Waals surface area contributed by atoms with E-state index in [0.29, 0.717) is 10.7 Å². The van der Waals surface area contributed by atoms with Crippen LogP contribution in [0.2, 0.25) is 0 Å². The normalized spacial score (nSPS) is 11.8. The van der Waals surface area contributed by atoms with Crippen LogP contribution in [0.5, 0.6) is 0 Å². The second-order valence-corrected chi connectivity index (χ2v) is 8.23. The summed E-state index contributed by atoms with van der Waals surface area (Å²) in [4.78, 5) is 31.3. The fourth-order valence-corrected chi connectivity index (χ4v) is 3.92. The predicted octanol–water partition coefficient (Wildman–Crippen LogP) is 2.33. The first-order valence-corrected chi connectivity index (χ1v) is 11.0. The summed E-state index contributed by atoms with van der Waals surface area (Å²) in [5, 5.41) is 16.2. The van der Waals surface area contributed by atoms with Gasteiger partial charge in [-0.2, -0.15) is 15.0 Å². The van der Waals surface area contributed by atoms with Crippen molar-refractivity contribution >= 4 is 28.3 Å². The van der Waals surface area contributed by atoms with Gasteiger partial charge in [0.15, 0.2) is 5.13 Å². The van der Waals surface area contributed by atoms with Crippen LogP contribution in [0.25, 0.3) is 22.5 Å². The molecule has 0 bridgehead atoms. The van der Waals surface area contributed by atoms with E-state index >= 15 is 0 Å². The van der Waals surface area contributed by atoms with Crippen LogP contribution in [0.15, 0.2) is 54.3 Å². The number of hydrogen-bond donors (Lipinski definition) is 2. The highest BCUT2D eigenvalue weighted by atomic mass is 32.1. The summed E-state index contributed by atoms with van der Waals surface area (Å²) < 4.78 is 6.89. The number of carbonyl (C=O) groups is 2. The monoisotopic (exact) mass is 465 g/mol. The maximum atomic E-state index is 12.8. The van der Waals surface area contributed by atoms with Gasteiger partial charge in [-0.05, 0) is 12.1 Å². The molecule has 0 fully saturated rings. The van der Waals surface area contributed by atoms with E-state index in [1.54, 1.807) is 36.3 Å². The molecule has 0 aliphatic carbocycles. The smallest absolute Gasteiger partial charge is 0.253 e. The molecular formula is C22H23N7O3S. The molecule has 4 aromatic rings. The zero-order chi connectivity index (χ0) is 23.4. The number of anilines is 1. The Bertz CT molecular complexity index is 1280. The highest BCUT2D eigenvalue weighted by molar-refractivity contribution is 7.14. The summed E-state index contributed by atoms with van der Waals surface area (Å²) in [5.74, 6) is -0.760. The Morgan fingerprint density at radius 1 is 1.18 bits per heavy atom. The molecule has 0 saturated heterocycles. The number of ether oxygens (including phenoxy) is 1. The van der Waals surface area contributed by atoms with Crippen LogP contribution in [0.3, 0.4) is 0 Å². The summed E-state index contributed by atoms with van der Waals surface area (Å²) in [7, 11) is 5.06. The number of rotatable bonds is 8. The molecule has 0 radical (unpaired) electrons. The van der Waals surface area contributed by atoms with E-state index in [-0.39, 0.29) is 12.5 Å². The van der Waals surface area contributed by atoms with Crippen molar-refractivity contribution in [2.24, 2.45) is 14.1 Å². The molecule has 0 aliphatic heterocycles. The van der Waals surface area contributed by atoms with Gasteiger partial charge in [0.1, 0.15) is 11.7 Å². The Morgan fingerprint density at radius 2 is 1.97 bits per heavy atom. The van der Waals surface area contributed by atoms with Crippen molar-refractivity contribution in [3.05, 3.63) is 59.9 Å².